The predicted molar refractivity (Wildman–Crippen MR) is 69.1 cm³/mol. The first-order valence-electron chi connectivity index (χ1n) is 6.67. The number of aromatic nitrogens is 1. The normalized spacial score (nSPS) is 32.4. The first kappa shape index (κ1) is 13.6. The molecular formula is C14H19NO5. The van der Waals surface area contributed by atoms with Crippen LogP contribution in [0.25, 0.3) is 0 Å². The van der Waals surface area contributed by atoms with Crippen LogP contribution in [0.4, 0.5) is 0 Å². The Labute approximate surface area is 117 Å². The van der Waals surface area contributed by atoms with Crippen molar-refractivity contribution in [3.05, 3.63) is 28.7 Å². The Kier molecular flexibility index (Phi) is 3.12. The zero-order valence-electron chi connectivity index (χ0n) is 12.0. The lowest BCUT2D eigenvalue weighted by Gasteiger charge is -2.50. The molecule has 6 heteroatoms. The van der Waals surface area contributed by atoms with Crippen molar-refractivity contribution in [3.63, 3.8) is 0 Å². The van der Waals surface area contributed by atoms with Gasteiger partial charge in [-0.2, -0.15) is 4.73 Å². The second kappa shape index (κ2) is 4.58. The van der Waals surface area contributed by atoms with Gasteiger partial charge in [-0.15, -0.1) is 0 Å². The van der Waals surface area contributed by atoms with E-state index in [0.29, 0.717) is 37.9 Å². The SMILES string of the molecule is Cc1c(OCC23COC(C)(OC2)OC3)cc[n+]([O-])c1C. The molecule has 6 nitrogen and oxygen atoms in total. The summed E-state index contributed by atoms with van der Waals surface area (Å²) in [7, 11) is 0. The molecule has 3 aliphatic heterocycles. The molecule has 20 heavy (non-hydrogen) atoms. The number of hydrogen-bond donors (Lipinski definition) is 0. The smallest absolute Gasteiger partial charge is 0.279 e. The third kappa shape index (κ3) is 2.24. The summed E-state index contributed by atoms with van der Waals surface area (Å²) in [5, 5.41) is 11.5. The van der Waals surface area contributed by atoms with Crippen molar-refractivity contribution < 1.29 is 23.7 Å². The van der Waals surface area contributed by atoms with Gasteiger partial charge in [-0.3, -0.25) is 0 Å². The van der Waals surface area contributed by atoms with E-state index in [1.165, 1.54) is 6.20 Å². The van der Waals surface area contributed by atoms with Gasteiger partial charge in [0.15, 0.2) is 11.9 Å². The molecule has 0 radical (unpaired) electrons. The Morgan fingerprint density at radius 1 is 1.25 bits per heavy atom. The molecule has 0 spiro atoms. The molecule has 3 saturated heterocycles. The molecule has 0 aromatic carbocycles. The van der Waals surface area contributed by atoms with Gasteiger partial charge in [0.25, 0.3) is 5.97 Å². The maximum Gasteiger partial charge on any atom is 0.279 e. The quantitative estimate of drug-likeness (QED) is 0.612. The third-order valence-corrected chi connectivity index (χ3v) is 4.06. The van der Waals surface area contributed by atoms with Crippen molar-refractivity contribution >= 4 is 0 Å². The molecule has 2 bridgehead atoms. The van der Waals surface area contributed by atoms with E-state index in [2.05, 4.69) is 0 Å². The van der Waals surface area contributed by atoms with Crippen LogP contribution in [0, 0.1) is 24.5 Å². The zero-order chi connectivity index (χ0) is 14.4. The first-order chi connectivity index (χ1) is 9.43. The average Bonchev–Trinajstić information content (AvgIpc) is 2.46. The van der Waals surface area contributed by atoms with Gasteiger partial charge < -0.3 is 24.2 Å². The maximum atomic E-state index is 11.5. The topological polar surface area (TPSA) is 63.9 Å². The molecule has 0 unspecified atom stereocenters. The summed E-state index contributed by atoms with van der Waals surface area (Å²) in [6.07, 6.45) is 1.46. The van der Waals surface area contributed by atoms with Crippen LogP contribution in [-0.2, 0) is 14.2 Å². The monoisotopic (exact) mass is 281 g/mol. The molecule has 110 valence electrons. The standard InChI is InChI=1S/C14H19NO5/c1-10-11(2)15(16)5-4-12(10)17-6-14-7-18-13(3,19-8-14)20-9-14/h4-5H,6-9H2,1-3H3. The number of hydrogen-bond acceptors (Lipinski definition) is 5. The fraction of sp³-hybridized carbons (Fsp3) is 0.643. The highest BCUT2D eigenvalue weighted by molar-refractivity contribution is 5.31. The number of nitrogens with zero attached hydrogens (tertiary/aromatic N) is 1. The maximum absolute atomic E-state index is 11.5. The largest absolute Gasteiger partial charge is 0.618 e. The number of fused-ring (bicyclic) bond motifs is 3. The van der Waals surface area contributed by atoms with Crippen LogP contribution >= 0.6 is 0 Å². The summed E-state index contributed by atoms with van der Waals surface area (Å²) in [5.74, 6) is -0.183. The van der Waals surface area contributed by atoms with Crippen LogP contribution in [0.5, 0.6) is 5.75 Å². The van der Waals surface area contributed by atoms with Gasteiger partial charge in [-0.25, -0.2) is 0 Å². The molecule has 1 aromatic rings. The number of rotatable bonds is 3. The highest BCUT2D eigenvalue weighted by atomic mass is 16.9. The first-order valence-corrected chi connectivity index (χ1v) is 6.67. The van der Waals surface area contributed by atoms with Crippen LogP contribution in [-0.4, -0.2) is 32.4 Å². The van der Waals surface area contributed by atoms with Crippen molar-refractivity contribution in [2.45, 2.75) is 26.7 Å². The number of pyridine rings is 1. The summed E-state index contributed by atoms with van der Waals surface area (Å²) < 4.78 is 23.4. The summed E-state index contributed by atoms with van der Waals surface area (Å²) in [6, 6.07) is 1.68. The molecule has 0 atom stereocenters. The molecule has 4 rings (SSSR count). The van der Waals surface area contributed by atoms with E-state index in [0.717, 1.165) is 10.3 Å². The minimum absolute atomic E-state index is 0.276. The Balaban J connectivity index is 1.70. The van der Waals surface area contributed by atoms with E-state index in [1.54, 1.807) is 19.9 Å². The molecular weight excluding hydrogens is 262 g/mol. The zero-order valence-corrected chi connectivity index (χ0v) is 12.0. The summed E-state index contributed by atoms with van der Waals surface area (Å²) >= 11 is 0. The lowest BCUT2D eigenvalue weighted by Crippen LogP contribution is -2.60. The van der Waals surface area contributed by atoms with E-state index in [1.807, 2.05) is 6.92 Å². The highest BCUT2D eigenvalue weighted by Gasteiger charge is 2.50. The summed E-state index contributed by atoms with van der Waals surface area (Å²) in [5.41, 5.74) is 1.21. The van der Waals surface area contributed by atoms with E-state index in [-0.39, 0.29) is 5.41 Å². The number of ether oxygens (including phenoxy) is 4. The highest BCUT2D eigenvalue weighted by Crippen LogP contribution is 2.38. The Morgan fingerprint density at radius 3 is 2.45 bits per heavy atom. The fourth-order valence-corrected chi connectivity index (χ4v) is 2.33. The van der Waals surface area contributed by atoms with E-state index in [4.69, 9.17) is 18.9 Å². The second-order valence-electron chi connectivity index (χ2n) is 5.73. The Morgan fingerprint density at radius 2 is 1.85 bits per heavy atom. The Hall–Kier alpha value is -1.37. The van der Waals surface area contributed by atoms with Gasteiger partial charge in [0, 0.05) is 19.9 Å². The van der Waals surface area contributed by atoms with Gasteiger partial charge in [-0.1, -0.05) is 0 Å². The molecule has 3 aliphatic rings. The molecule has 0 amide bonds. The lowest BCUT2D eigenvalue weighted by atomic mass is 9.90. The molecule has 0 N–H and O–H groups in total. The van der Waals surface area contributed by atoms with Crippen molar-refractivity contribution in [1.29, 1.82) is 0 Å². The lowest BCUT2D eigenvalue weighted by molar-refractivity contribution is -0.612. The second-order valence-corrected chi connectivity index (χ2v) is 5.73. The van der Waals surface area contributed by atoms with Gasteiger partial charge >= 0.3 is 0 Å². The van der Waals surface area contributed by atoms with E-state index < -0.39 is 5.97 Å². The van der Waals surface area contributed by atoms with Gasteiger partial charge in [0.05, 0.1) is 30.8 Å². The molecule has 1 aromatic heterocycles. The van der Waals surface area contributed by atoms with E-state index >= 15 is 0 Å². The van der Waals surface area contributed by atoms with Crippen LogP contribution in [0.3, 0.4) is 0 Å². The van der Waals surface area contributed by atoms with Crippen LogP contribution < -0.4 is 9.47 Å². The summed E-state index contributed by atoms with van der Waals surface area (Å²) in [4.78, 5) is 0. The molecule has 4 heterocycles. The minimum Gasteiger partial charge on any atom is -0.618 e. The fourth-order valence-electron chi connectivity index (χ4n) is 2.33. The average molecular weight is 281 g/mol. The predicted octanol–water partition coefficient (Wildman–Crippen LogP) is 1.05. The van der Waals surface area contributed by atoms with E-state index in [9.17, 15) is 5.21 Å². The van der Waals surface area contributed by atoms with Crippen LogP contribution in [0.15, 0.2) is 12.3 Å². The molecule has 3 fully saturated rings. The van der Waals surface area contributed by atoms with Crippen molar-refractivity contribution in [1.82, 2.24) is 0 Å². The summed E-state index contributed by atoms with van der Waals surface area (Å²) in [6.45, 7) is 7.51. The van der Waals surface area contributed by atoms with Crippen LogP contribution in [0.2, 0.25) is 0 Å². The van der Waals surface area contributed by atoms with Crippen molar-refractivity contribution in [3.8, 4) is 5.75 Å². The van der Waals surface area contributed by atoms with Crippen molar-refractivity contribution in [2.24, 2.45) is 5.41 Å². The third-order valence-electron chi connectivity index (χ3n) is 4.06. The minimum atomic E-state index is -0.894. The van der Waals surface area contributed by atoms with Gasteiger partial charge in [-0.05, 0) is 6.92 Å². The van der Waals surface area contributed by atoms with Gasteiger partial charge in [0.1, 0.15) is 12.4 Å². The van der Waals surface area contributed by atoms with Gasteiger partial charge in [0.2, 0.25) is 0 Å². The molecule has 0 aliphatic carbocycles. The van der Waals surface area contributed by atoms with Crippen molar-refractivity contribution in [2.75, 3.05) is 26.4 Å². The Bertz CT molecular complexity index is 506. The van der Waals surface area contributed by atoms with Crippen LogP contribution in [0.1, 0.15) is 18.2 Å². The molecule has 0 saturated carbocycles.